The van der Waals surface area contributed by atoms with Crippen molar-refractivity contribution in [1.82, 2.24) is 0 Å². The van der Waals surface area contributed by atoms with E-state index in [2.05, 4.69) is 20.1 Å². The van der Waals surface area contributed by atoms with Crippen molar-refractivity contribution < 1.29 is 22.7 Å². The molecule has 0 bridgehead atoms. The number of nitrogens with one attached hydrogen (secondary N) is 3. The Kier molecular flexibility index (Phi) is 6.33. The van der Waals surface area contributed by atoms with Crippen molar-refractivity contribution in [2.45, 2.75) is 4.90 Å². The number of benzene rings is 3. The van der Waals surface area contributed by atoms with E-state index in [-0.39, 0.29) is 21.8 Å². The van der Waals surface area contributed by atoms with Gasteiger partial charge in [-0.1, -0.05) is 42.5 Å². The van der Waals surface area contributed by atoms with Crippen LogP contribution in [0.25, 0.3) is 0 Å². The van der Waals surface area contributed by atoms with Gasteiger partial charge in [0.2, 0.25) is 0 Å². The van der Waals surface area contributed by atoms with E-state index in [1.54, 1.807) is 42.5 Å². The third-order valence-electron chi connectivity index (χ3n) is 4.03. The number of para-hydroxylation sites is 3. The number of urea groups is 1. The fraction of sp³-hybridized carbons (Fsp3) is 0.0476. The predicted octanol–water partition coefficient (Wildman–Crippen LogP) is 3.92. The van der Waals surface area contributed by atoms with Gasteiger partial charge in [0.15, 0.2) is 0 Å². The maximum atomic E-state index is 12.9. The smallest absolute Gasteiger partial charge is 0.339 e. The monoisotopic (exact) mass is 425 g/mol. The Bertz CT molecular complexity index is 1160. The van der Waals surface area contributed by atoms with Crippen LogP contribution in [0.2, 0.25) is 0 Å². The normalized spacial score (nSPS) is 10.7. The molecule has 30 heavy (non-hydrogen) atoms. The molecule has 3 aromatic carbocycles. The number of rotatable bonds is 6. The van der Waals surface area contributed by atoms with E-state index < -0.39 is 22.0 Å². The lowest BCUT2D eigenvalue weighted by Crippen LogP contribution is -2.22. The van der Waals surface area contributed by atoms with Gasteiger partial charge in [-0.2, -0.15) is 0 Å². The standard InChI is InChI=1S/C21H19N3O5S/c1-29-20(25)16-11-5-8-14-19(16)30(27,28)24-18-13-7-6-12-17(18)23-21(26)22-15-9-3-2-4-10-15/h2-14,24H,1H3,(H2,22,23,26). The molecule has 0 spiro atoms. The quantitative estimate of drug-likeness (QED) is 0.518. The molecule has 0 unspecified atom stereocenters. The summed E-state index contributed by atoms with van der Waals surface area (Å²) in [6.07, 6.45) is 0. The number of hydrogen-bond donors (Lipinski definition) is 3. The summed E-state index contributed by atoms with van der Waals surface area (Å²) >= 11 is 0. The van der Waals surface area contributed by atoms with Gasteiger partial charge in [-0.3, -0.25) is 4.72 Å². The highest BCUT2D eigenvalue weighted by Crippen LogP contribution is 2.26. The van der Waals surface area contributed by atoms with E-state index in [0.717, 1.165) is 0 Å². The first-order chi connectivity index (χ1) is 14.4. The van der Waals surface area contributed by atoms with Crippen LogP contribution in [0.3, 0.4) is 0 Å². The molecular formula is C21H19N3O5S. The molecule has 0 radical (unpaired) electrons. The minimum Gasteiger partial charge on any atom is -0.465 e. The number of sulfonamides is 1. The number of carbonyl (C=O) groups is 2. The Labute approximate surface area is 173 Å². The molecule has 3 N–H and O–H groups in total. The number of hydrogen-bond acceptors (Lipinski definition) is 5. The Balaban J connectivity index is 1.84. The molecule has 9 heteroatoms. The third-order valence-corrected chi connectivity index (χ3v) is 5.46. The summed E-state index contributed by atoms with van der Waals surface area (Å²) < 4.78 is 32.9. The molecule has 0 saturated heterocycles. The highest BCUT2D eigenvalue weighted by molar-refractivity contribution is 7.92. The SMILES string of the molecule is COC(=O)c1ccccc1S(=O)(=O)Nc1ccccc1NC(=O)Nc1ccccc1. The topological polar surface area (TPSA) is 114 Å². The summed E-state index contributed by atoms with van der Waals surface area (Å²) in [6.45, 7) is 0. The summed E-state index contributed by atoms with van der Waals surface area (Å²) in [7, 11) is -2.97. The fourth-order valence-corrected chi connectivity index (χ4v) is 3.94. The van der Waals surface area contributed by atoms with Crippen molar-refractivity contribution in [3.63, 3.8) is 0 Å². The number of esters is 1. The molecule has 0 aromatic heterocycles. The summed E-state index contributed by atoms with van der Waals surface area (Å²) in [5.74, 6) is -0.773. The van der Waals surface area contributed by atoms with Crippen molar-refractivity contribution in [2.75, 3.05) is 22.5 Å². The first-order valence-corrected chi connectivity index (χ1v) is 10.3. The molecule has 3 rings (SSSR count). The van der Waals surface area contributed by atoms with E-state index in [4.69, 9.17) is 0 Å². The van der Waals surface area contributed by atoms with Crippen LogP contribution in [-0.4, -0.2) is 27.5 Å². The lowest BCUT2D eigenvalue weighted by Gasteiger charge is -2.15. The molecule has 0 aliphatic rings. The number of methoxy groups -OCH3 is 1. The van der Waals surface area contributed by atoms with Gasteiger partial charge < -0.3 is 15.4 Å². The lowest BCUT2D eigenvalue weighted by atomic mass is 10.2. The second-order valence-corrected chi connectivity index (χ2v) is 7.73. The summed E-state index contributed by atoms with van der Waals surface area (Å²) in [5, 5.41) is 5.27. The Morgan fingerprint density at radius 1 is 0.767 bits per heavy atom. The van der Waals surface area contributed by atoms with E-state index in [9.17, 15) is 18.0 Å². The van der Waals surface area contributed by atoms with Crippen molar-refractivity contribution in [3.8, 4) is 0 Å². The van der Waals surface area contributed by atoms with Crippen LogP contribution in [0.5, 0.6) is 0 Å². The van der Waals surface area contributed by atoms with Gasteiger partial charge in [0.25, 0.3) is 10.0 Å². The predicted molar refractivity (Wildman–Crippen MR) is 114 cm³/mol. The zero-order valence-corrected chi connectivity index (χ0v) is 16.8. The summed E-state index contributed by atoms with van der Waals surface area (Å²) in [4.78, 5) is 24.0. The minimum atomic E-state index is -4.14. The molecular weight excluding hydrogens is 406 g/mol. The number of amides is 2. The van der Waals surface area contributed by atoms with Crippen LogP contribution in [0.4, 0.5) is 21.9 Å². The van der Waals surface area contributed by atoms with Crippen LogP contribution < -0.4 is 15.4 Å². The number of anilines is 3. The van der Waals surface area contributed by atoms with Crippen molar-refractivity contribution in [1.29, 1.82) is 0 Å². The summed E-state index contributed by atoms with van der Waals surface area (Å²) in [5.41, 5.74) is 0.866. The van der Waals surface area contributed by atoms with Gasteiger partial charge in [-0.25, -0.2) is 18.0 Å². The molecule has 0 aliphatic heterocycles. The second-order valence-electron chi connectivity index (χ2n) is 6.08. The van der Waals surface area contributed by atoms with E-state index in [0.29, 0.717) is 5.69 Å². The average Bonchev–Trinajstić information content (AvgIpc) is 2.75. The zero-order chi connectivity index (χ0) is 21.6. The highest BCUT2D eigenvalue weighted by Gasteiger charge is 2.23. The zero-order valence-electron chi connectivity index (χ0n) is 16.0. The van der Waals surface area contributed by atoms with Crippen LogP contribution in [0.1, 0.15) is 10.4 Å². The molecule has 2 amide bonds. The minimum absolute atomic E-state index is 0.0974. The summed E-state index contributed by atoms with van der Waals surface area (Å²) in [6, 6.07) is 20.3. The third kappa shape index (κ3) is 4.95. The fourth-order valence-electron chi connectivity index (χ4n) is 2.67. The van der Waals surface area contributed by atoms with Gasteiger partial charge in [0.1, 0.15) is 4.90 Å². The van der Waals surface area contributed by atoms with Gasteiger partial charge in [0, 0.05) is 5.69 Å². The van der Waals surface area contributed by atoms with Crippen LogP contribution in [0, 0.1) is 0 Å². The van der Waals surface area contributed by atoms with E-state index >= 15 is 0 Å². The van der Waals surface area contributed by atoms with E-state index in [1.807, 2.05) is 6.07 Å². The molecule has 0 atom stereocenters. The Morgan fingerprint density at radius 2 is 1.37 bits per heavy atom. The molecule has 0 fully saturated rings. The van der Waals surface area contributed by atoms with Crippen molar-refractivity contribution in [2.24, 2.45) is 0 Å². The maximum Gasteiger partial charge on any atom is 0.339 e. The Morgan fingerprint density at radius 3 is 2.07 bits per heavy atom. The first kappa shape index (κ1) is 20.9. The Hall–Kier alpha value is -3.85. The van der Waals surface area contributed by atoms with Crippen LogP contribution in [-0.2, 0) is 14.8 Å². The number of carbonyl (C=O) groups excluding carboxylic acids is 2. The molecule has 0 heterocycles. The lowest BCUT2D eigenvalue weighted by molar-refractivity contribution is 0.0596. The van der Waals surface area contributed by atoms with Crippen molar-refractivity contribution >= 4 is 39.1 Å². The largest absolute Gasteiger partial charge is 0.465 e. The van der Waals surface area contributed by atoms with Gasteiger partial charge in [0.05, 0.1) is 24.0 Å². The molecule has 154 valence electrons. The first-order valence-electron chi connectivity index (χ1n) is 8.83. The highest BCUT2D eigenvalue weighted by atomic mass is 32.2. The average molecular weight is 425 g/mol. The maximum absolute atomic E-state index is 12.9. The van der Waals surface area contributed by atoms with Gasteiger partial charge in [-0.15, -0.1) is 0 Å². The van der Waals surface area contributed by atoms with Gasteiger partial charge in [-0.05, 0) is 36.4 Å². The van der Waals surface area contributed by atoms with E-state index in [1.165, 1.54) is 37.4 Å². The molecule has 8 nitrogen and oxygen atoms in total. The molecule has 3 aromatic rings. The van der Waals surface area contributed by atoms with Crippen LogP contribution in [0.15, 0.2) is 83.8 Å². The number of ether oxygens (including phenoxy) is 1. The second kappa shape index (κ2) is 9.10. The van der Waals surface area contributed by atoms with Gasteiger partial charge >= 0.3 is 12.0 Å². The van der Waals surface area contributed by atoms with Crippen LogP contribution >= 0.6 is 0 Å². The van der Waals surface area contributed by atoms with Crippen molar-refractivity contribution in [3.05, 3.63) is 84.4 Å². The molecule has 0 aliphatic carbocycles. The molecule has 0 saturated carbocycles.